The van der Waals surface area contributed by atoms with Crippen molar-refractivity contribution in [3.05, 3.63) is 70.8 Å². The summed E-state index contributed by atoms with van der Waals surface area (Å²) in [6.07, 6.45) is 0.387. The summed E-state index contributed by atoms with van der Waals surface area (Å²) in [6.45, 7) is 0.392. The number of hydrogen-bond donors (Lipinski definition) is 0. The van der Waals surface area contributed by atoms with Crippen molar-refractivity contribution in [3.8, 4) is 0 Å². The fourth-order valence-electron chi connectivity index (χ4n) is 3.47. The van der Waals surface area contributed by atoms with E-state index in [9.17, 15) is 9.59 Å². The lowest BCUT2D eigenvalue weighted by molar-refractivity contribution is -0.0976. The molecule has 0 radical (unpaired) electrons. The second-order valence-corrected chi connectivity index (χ2v) is 5.70. The Kier molecular flexibility index (Phi) is 2.71. The van der Waals surface area contributed by atoms with E-state index in [-0.39, 0.29) is 11.7 Å². The number of rotatable bonds is 1. The van der Waals surface area contributed by atoms with Crippen LogP contribution >= 0.6 is 0 Å². The highest BCUT2D eigenvalue weighted by Gasteiger charge is 2.54. The molecule has 1 atom stereocenters. The van der Waals surface area contributed by atoms with Crippen molar-refractivity contribution in [2.45, 2.75) is 18.7 Å². The first-order valence-electron chi connectivity index (χ1n) is 7.25. The number of methoxy groups -OCH3 is 1. The van der Waals surface area contributed by atoms with Crippen LogP contribution in [-0.4, -0.2) is 29.4 Å². The van der Waals surface area contributed by atoms with Crippen molar-refractivity contribution < 1.29 is 14.3 Å². The van der Waals surface area contributed by atoms with Gasteiger partial charge in [0.05, 0.1) is 5.56 Å². The summed E-state index contributed by atoms with van der Waals surface area (Å²) in [4.78, 5) is 27.5. The molecule has 0 N–H and O–H groups in total. The van der Waals surface area contributed by atoms with Crippen molar-refractivity contribution >= 4 is 11.7 Å². The number of ketones is 1. The molecule has 0 fully saturated rings. The highest BCUT2D eigenvalue weighted by molar-refractivity contribution is 6.16. The third-order valence-electron chi connectivity index (χ3n) is 4.65. The lowest BCUT2D eigenvalue weighted by Gasteiger charge is -2.48. The van der Waals surface area contributed by atoms with Crippen molar-refractivity contribution in [3.63, 3.8) is 0 Å². The normalized spacial score (nSPS) is 22.9. The van der Waals surface area contributed by atoms with E-state index in [1.807, 2.05) is 24.3 Å². The lowest BCUT2D eigenvalue weighted by atomic mass is 9.81. The molecule has 2 aliphatic heterocycles. The molecule has 0 saturated carbocycles. The number of fused-ring (bicyclic) bond motifs is 3. The maximum atomic E-state index is 13.0. The van der Waals surface area contributed by atoms with Crippen molar-refractivity contribution in [2.75, 3.05) is 7.11 Å². The number of ether oxygens (including phenoxy) is 1. The largest absolute Gasteiger partial charge is 0.351 e. The maximum absolute atomic E-state index is 13.0. The molecule has 2 aromatic carbocycles. The number of carbonyl (C=O) groups is 2. The van der Waals surface area contributed by atoms with E-state index < -0.39 is 5.72 Å². The van der Waals surface area contributed by atoms with Gasteiger partial charge >= 0.3 is 0 Å². The van der Waals surface area contributed by atoms with Crippen LogP contribution in [0.2, 0.25) is 0 Å². The average molecular weight is 293 g/mol. The first-order chi connectivity index (χ1) is 10.7. The van der Waals surface area contributed by atoms with Crippen LogP contribution in [0.1, 0.15) is 31.8 Å². The minimum atomic E-state index is -1.22. The molecule has 2 heterocycles. The zero-order valence-electron chi connectivity index (χ0n) is 12.2. The molecule has 1 amide bonds. The van der Waals surface area contributed by atoms with Crippen LogP contribution < -0.4 is 0 Å². The summed E-state index contributed by atoms with van der Waals surface area (Å²) in [5.74, 6) is -0.286. The van der Waals surface area contributed by atoms with Gasteiger partial charge < -0.3 is 4.74 Å². The van der Waals surface area contributed by atoms with Crippen LogP contribution in [0.25, 0.3) is 0 Å². The Morgan fingerprint density at radius 3 is 2.32 bits per heavy atom. The van der Waals surface area contributed by atoms with Gasteiger partial charge in [0.1, 0.15) is 0 Å². The first kappa shape index (κ1) is 13.2. The fraction of sp³-hybridized carbons (Fsp3) is 0.222. The number of carbonyl (C=O) groups excluding carboxylic acids is 2. The quantitative estimate of drug-likeness (QED) is 0.811. The van der Waals surface area contributed by atoms with Crippen molar-refractivity contribution in [1.82, 2.24) is 4.90 Å². The first-order valence-corrected chi connectivity index (χ1v) is 7.25. The Balaban J connectivity index is 1.93. The molecule has 1 unspecified atom stereocenters. The van der Waals surface area contributed by atoms with Gasteiger partial charge in [-0.05, 0) is 17.2 Å². The molecular weight excluding hydrogens is 278 g/mol. The van der Waals surface area contributed by atoms with Gasteiger partial charge in [0.25, 0.3) is 5.91 Å². The summed E-state index contributed by atoms with van der Waals surface area (Å²) < 4.78 is 5.63. The third-order valence-corrected chi connectivity index (χ3v) is 4.65. The molecule has 0 bridgehead atoms. The van der Waals surface area contributed by atoms with Crippen LogP contribution in [0, 0.1) is 0 Å². The second kappa shape index (κ2) is 4.52. The zero-order valence-corrected chi connectivity index (χ0v) is 12.2. The number of nitrogens with zero attached hydrogens (tertiary/aromatic N) is 1. The van der Waals surface area contributed by atoms with E-state index in [4.69, 9.17) is 4.74 Å². The van der Waals surface area contributed by atoms with Crippen LogP contribution in [-0.2, 0) is 17.7 Å². The Hall–Kier alpha value is -2.46. The van der Waals surface area contributed by atoms with Gasteiger partial charge in [0, 0.05) is 25.6 Å². The van der Waals surface area contributed by atoms with Gasteiger partial charge in [-0.2, -0.15) is 0 Å². The van der Waals surface area contributed by atoms with Gasteiger partial charge in [-0.15, -0.1) is 0 Å². The third kappa shape index (κ3) is 1.56. The summed E-state index contributed by atoms with van der Waals surface area (Å²) in [5, 5.41) is 0. The van der Waals surface area contributed by atoms with E-state index >= 15 is 0 Å². The molecule has 0 saturated heterocycles. The minimum Gasteiger partial charge on any atom is -0.351 e. The molecule has 2 aliphatic rings. The average Bonchev–Trinajstić information content (AvgIpc) is 2.58. The van der Waals surface area contributed by atoms with Gasteiger partial charge in [-0.25, -0.2) is 0 Å². The zero-order chi connectivity index (χ0) is 15.3. The number of hydrogen-bond acceptors (Lipinski definition) is 3. The van der Waals surface area contributed by atoms with E-state index in [1.165, 1.54) is 7.11 Å². The SMILES string of the molecule is COC12Cc3ccccc3CN1C(=O)c1ccccc1C2=O. The van der Waals surface area contributed by atoms with E-state index in [0.29, 0.717) is 24.1 Å². The smallest absolute Gasteiger partial charge is 0.257 e. The Morgan fingerprint density at radius 1 is 0.955 bits per heavy atom. The standard InChI is InChI=1S/C18H15NO3/c1-22-18-10-12-6-2-3-7-13(12)11-19(18)17(21)15-9-5-4-8-14(15)16(18)20/h2-9H,10-11H2,1H3. The molecule has 0 spiro atoms. The van der Waals surface area contributed by atoms with Crippen molar-refractivity contribution in [1.29, 1.82) is 0 Å². The van der Waals surface area contributed by atoms with Crippen molar-refractivity contribution in [2.24, 2.45) is 0 Å². The van der Waals surface area contributed by atoms with Crippen LogP contribution in [0.15, 0.2) is 48.5 Å². The van der Waals surface area contributed by atoms with E-state index in [2.05, 4.69) is 0 Å². The second-order valence-electron chi connectivity index (χ2n) is 5.70. The van der Waals surface area contributed by atoms with Crippen LogP contribution in [0.4, 0.5) is 0 Å². The number of amides is 1. The number of Topliss-reactive ketones (excluding diaryl/α,β-unsaturated/α-hetero) is 1. The van der Waals surface area contributed by atoms with Gasteiger partial charge in [-0.3, -0.25) is 14.5 Å². The topological polar surface area (TPSA) is 46.6 Å². The Bertz CT molecular complexity index is 798. The van der Waals surface area contributed by atoms with Gasteiger partial charge in [0.2, 0.25) is 11.5 Å². The van der Waals surface area contributed by atoms with Crippen LogP contribution in [0.3, 0.4) is 0 Å². The molecule has 0 aliphatic carbocycles. The summed E-state index contributed by atoms with van der Waals surface area (Å²) >= 11 is 0. The molecule has 4 heteroatoms. The number of benzene rings is 2. The van der Waals surface area contributed by atoms with Gasteiger partial charge in [-0.1, -0.05) is 42.5 Å². The molecular formula is C18H15NO3. The Labute approximate surface area is 128 Å². The summed E-state index contributed by atoms with van der Waals surface area (Å²) in [6, 6.07) is 14.8. The highest BCUT2D eigenvalue weighted by atomic mass is 16.5. The molecule has 4 rings (SSSR count). The van der Waals surface area contributed by atoms with Crippen LogP contribution in [0.5, 0.6) is 0 Å². The summed E-state index contributed by atoms with van der Waals surface area (Å²) in [5.41, 5.74) is 1.81. The highest BCUT2D eigenvalue weighted by Crippen LogP contribution is 2.39. The molecule has 0 aromatic heterocycles. The molecule has 4 nitrogen and oxygen atoms in total. The molecule has 22 heavy (non-hydrogen) atoms. The van der Waals surface area contributed by atoms with E-state index in [1.54, 1.807) is 29.2 Å². The summed E-state index contributed by atoms with van der Waals surface area (Å²) in [7, 11) is 1.50. The predicted molar refractivity (Wildman–Crippen MR) is 80.5 cm³/mol. The maximum Gasteiger partial charge on any atom is 0.257 e. The van der Waals surface area contributed by atoms with Gasteiger partial charge in [0.15, 0.2) is 0 Å². The minimum absolute atomic E-state index is 0.139. The molecule has 2 aromatic rings. The van der Waals surface area contributed by atoms with E-state index in [0.717, 1.165) is 11.1 Å². The Morgan fingerprint density at radius 2 is 1.59 bits per heavy atom. The fourth-order valence-corrected chi connectivity index (χ4v) is 3.47. The molecule has 110 valence electrons. The predicted octanol–water partition coefficient (Wildman–Crippen LogP) is 2.42. The lowest BCUT2D eigenvalue weighted by Crippen LogP contribution is -2.64. The monoisotopic (exact) mass is 293 g/mol.